The van der Waals surface area contributed by atoms with Crippen LogP contribution in [0.15, 0.2) is 71.8 Å². The van der Waals surface area contributed by atoms with Crippen molar-refractivity contribution >= 4 is 46.0 Å². The number of aryl methyl sites for hydroxylation is 1. The summed E-state index contributed by atoms with van der Waals surface area (Å²) in [4.78, 5) is 38.8. The fourth-order valence-electron chi connectivity index (χ4n) is 4.42. The zero-order valence-electron chi connectivity index (χ0n) is 24.7. The summed E-state index contributed by atoms with van der Waals surface area (Å²) >= 11 is 1.54. The standard InChI is InChI=1S/C31H38N8O3S/c1-38(2)21-29(42)32-25-14-9-12-23(18-25)20-28(41)34-31-39(3)37-30(43-31)15-8-7-13-24-16-17-26(36-35-24)33-27(40)19-22-10-5-4-6-11-22/h4-6,9-12,14,16-18,31H,7-8,13,15,19-21H2,1-3H3,(H,32,42)(H,34,41)(H,33,36,40). The average molecular weight is 603 g/mol. The quantitative estimate of drug-likeness (QED) is 0.239. The van der Waals surface area contributed by atoms with Crippen LogP contribution < -0.4 is 16.0 Å². The van der Waals surface area contributed by atoms with E-state index in [2.05, 4.69) is 31.2 Å². The van der Waals surface area contributed by atoms with Gasteiger partial charge in [-0.15, -0.1) is 5.10 Å². The third-order valence-corrected chi connectivity index (χ3v) is 7.65. The molecule has 43 heavy (non-hydrogen) atoms. The molecule has 0 fully saturated rings. The molecule has 226 valence electrons. The molecule has 0 radical (unpaired) electrons. The molecule has 0 aliphatic carbocycles. The first-order chi connectivity index (χ1) is 20.7. The molecule has 12 heteroatoms. The summed E-state index contributed by atoms with van der Waals surface area (Å²) in [5, 5.41) is 24.4. The van der Waals surface area contributed by atoms with Crippen LogP contribution in [0.3, 0.4) is 0 Å². The lowest BCUT2D eigenvalue weighted by Gasteiger charge is -2.19. The maximum absolute atomic E-state index is 12.8. The lowest BCUT2D eigenvalue weighted by molar-refractivity contribution is -0.121. The van der Waals surface area contributed by atoms with Crippen molar-refractivity contribution in [3.05, 3.63) is 83.6 Å². The van der Waals surface area contributed by atoms with E-state index in [1.54, 1.807) is 27.7 Å². The molecule has 1 aromatic heterocycles. The highest BCUT2D eigenvalue weighted by atomic mass is 32.2. The highest BCUT2D eigenvalue weighted by molar-refractivity contribution is 8.14. The molecule has 3 N–H and O–H groups in total. The number of anilines is 2. The Morgan fingerprint density at radius 1 is 0.837 bits per heavy atom. The van der Waals surface area contributed by atoms with Crippen LogP contribution in [-0.2, 0) is 33.6 Å². The van der Waals surface area contributed by atoms with Gasteiger partial charge in [0.05, 0.1) is 30.1 Å². The highest BCUT2D eigenvalue weighted by Crippen LogP contribution is 2.26. The molecule has 0 bridgehead atoms. The predicted octanol–water partition coefficient (Wildman–Crippen LogP) is 3.51. The lowest BCUT2D eigenvalue weighted by atomic mass is 10.1. The van der Waals surface area contributed by atoms with Gasteiger partial charge < -0.3 is 20.9 Å². The SMILES string of the molecule is CN(C)CC(=O)Nc1cccc(CC(=O)NC2SC(CCCCc3ccc(NC(=O)Cc4ccccc4)nn3)=NN2C)c1. The van der Waals surface area contributed by atoms with Crippen LogP contribution in [0.2, 0.25) is 0 Å². The Hall–Kier alpha value is -4.29. The van der Waals surface area contributed by atoms with Gasteiger partial charge in [0.2, 0.25) is 17.7 Å². The summed E-state index contributed by atoms with van der Waals surface area (Å²) in [6.45, 7) is 0.288. The van der Waals surface area contributed by atoms with Gasteiger partial charge in [-0.3, -0.25) is 19.4 Å². The van der Waals surface area contributed by atoms with Gasteiger partial charge in [0, 0.05) is 12.7 Å². The molecule has 1 unspecified atom stereocenters. The van der Waals surface area contributed by atoms with E-state index in [0.717, 1.165) is 47.5 Å². The fraction of sp³-hybridized carbons (Fsp3) is 0.355. The highest BCUT2D eigenvalue weighted by Gasteiger charge is 2.25. The first kappa shape index (κ1) is 31.6. The van der Waals surface area contributed by atoms with Gasteiger partial charge in [0.1, 0.15) is 0 Å². The molecule has 3 aromatic rings. The second-order valence-electron chi connectivity index (χ2n) is 10.6. The number of thioether (sulfide) groups is 1. The topological polar surface area (TPSA) is 132 Å². The van der Waals surface area contributed by atoms with Crippen molar-refractivity contribution in [3.8, 4) is 0 Å². The van der Waals surface area contributed by atoms with Crippen LogP contribution >= 0.6 is 11.8 Å². The summed E-state index contributed by atoms with van der Waals surface area (Å²) < 4.78 is 0. The molecule has 2 heterocycles. The Kier molecular flexibility index (Phi) is 11.6. The van der Waals surface area contributed by atoms with Crippen LogP contribution in [0.1, 0.15) is 36.1 Å². The summed E-state index contributed by atoms with van der Waals surface area (Å²) in [6, 6.07) is 20.6. The molecule has 11 nitrogen and oxygen atoms in total. The van der Waals surface area contributed by atoms with Crippen molar-refractivity contribution in [1.29, 1.82) is 0 Å². The molecule has 1 atom stereocenters. The monoisotopic (exact) mass is 602 g/mol. The number of hydrazone groups is 1. The Balaban J connectivity index is 1.14. The first-order valence-corrected chi connectivity index (χ1v) is 15.1. The van der Waals surface area contributed by atoms with Crippen molar-refractivity contribution in [2.75, 3.05) is 38.3 Å². The third kappa shape index (κ3) is 10.8. The van der Waals surface area contributed by atoms with Gasteiger partial charge in [-0.2, -0.15) is 10.2 Å². The number of amides is 3. The van der Waals surface area contributed by atoms with Crippen molar-refractivity contribution in [2.24, 2.45) is 5.10 Å². The average Bonchev–Trinajstić information content (AvgIpc) is 3.30. The zero-order chi connectivity index (χ0) is 30.6. The van der Waals surface area contributed by atoms with Crippen molar-refractivity contribution in [2.45, 2.75) is 44.0 Å². The van der Waals surface area contributed by atoms with E-state index in [0.29, 0.717) is 11.5 Å². The van der Waals surface area contributed by atoms with Crippen molar-refractivity contribution in [3.63, 3.8) is 0 Å². The van der Waals surface area contributed by atoms with E-state index in [9.17, 15) is 14.4 Å². The normalized spacial score (nSPS) is 14.4. The smallest absolute Gasteiger partial charge is 0.238 e. The van der Waals surface area contributed by atoms with Gasteiger partial charge in [-0.25, -0.2) is 0 Å². The second-order valence-corrected chi connectivity index (χ2v) is 11.7. The molecular weight excluding hydrogens is 564 g/mol. The summed E-state index contributed by atoms with van der Waals surface area (Å²) in [5.41, 5.74) is 3.03. The van der Waals surface area contributed by atoms with E-state index in [1.807, 2.05) is 81.8 Å². The van der Waals surface area contributed by atoms with Gasteiger partial charge in [-0.05, 0) is 75.2 Å². The number of nitrogens with zero attached hydrogens (tertiary/aromatic N) is 5. The Labute approximate surface area is 256 Å². The van der Waals surface area contributed by atoms with Crippen LogP contribution in [0.25, 0.3) is 0 Å². The number of likely N-dealkylation sites (N-methyl/N-ethyl adjacent to an activating group) is 1. The summed E-state index contributed by atoms with van der Waals surface area (Å²) in [7, 11) is 5.52. The third-order valence-electron chi connectivity index (χ3n) is 6.44. The summed E-state index contributed by atoms with van der Waals surface area (Å²) in [6.07, 6.45) is 3.90. The van der Waals surface area contributed by atoms with Gasteiger partial charge in [0.15, 0.2) is 11.3 Å². The maximum atomic E-state index is 12.8. The number of rotatable bonds is 14. The second kappa shape index (κ2) is 15.8. The number of carbonyl (C=O) groups excluding carboxylic acids is 3. The number of carbonyl (C=O) groups is 3. The molecule has 4 rings (SSSR count). The number of nitrogens with one attached hydrogen (secondary N) is 3. The minimum absolute atomic E-state index is 0.105. The molecule has 0 spiro atoms. The molecular formula is C31H38N8O3S. The molecule has 0 saturated carbocycles. The van der Waals surface area contributed by atoms with Gasteiger partial charge in [-0.1, -0.05) is 54.2 Å². The van der Waals surface area contributed by atoms with Crippen molar-refractivity contribution < 1.29 is 14.4 Å². The van der Waals surface area contributed by atoms with E-state index in [1.165, 1.54) is 0 Å². The molecule has 1 aliphatic rings. The number of benzene rings is 2. The minimum atomic E-state index is -0.263. The Bertz CT molecular complexity index is 1420. The van der Waals surface area contributed by atoms with Gasteiger partial charge >= 0.3 is 0 Å². The van der Waals surface area contributed by atoms with E-state index in [-0.39, 0.29) is 42.6 Å². The molecule has 0 saturated heterocycles. The number of hydrogen-bond donors (Lipinski definition) is 3. The van der Waals surface area contributed by atoms with Crippen LogP contribution in [0.4, 0.5) is 11.5 Å². The van der Waals surface area contributed by atoms with E-state index < -0.39 is 0 Å². The predicted molar refractivity (Wildman–Crippen MR) is 170 cm³/mol. The van der Waals surface area contributed by atoms with E-state index in [4.69, 9.17) is 0 Å². The fourth-order valence-corrected chi connectivity index (χ4v) is 5.51. The number of hydrogen-bond acceptors (Lipinski definition) is 9. The van der Waals surface area contributed by atoms with Crippen LogP contribution in [0, 0.1) is 0 Å². The number of unbranched alkanes of at least 4 members (excludes halogenated alkanes) is 1. The van der Waals surface area contributed by atoms with Crippen molar-refractivity contribution in [1.82, 2.24) is 25.4 Å². The number of aromatic nitrogens is 2. The van der Waals surface area contributed by atoms with Crippen LogP contribution in [-0.4, -0.2) is 76.1 Å². The summed E-state index contributed by atoms with van der Waals surface area (Å²) in [5.74, 6) is 0.0944. The van der Waals surface area contributed by atoms with E-state index >= 15 is 0 Å². The largest absolute Gasteiger partial charge is 0.325 e. The van der Waals surface area contributed by atoms with Gasteiger partial charge in [0.25, 0.3) is 0 Å². The lowest BCUT2D eigenvalue weighted by Crippen LogP contribution is -2.40. The maximum Gasteiger partial charge on any atom is 0.238 e. The Morgan fingerprint density at radius 3 is 2.33 bits per heavy atom. The first-order valence-electron chi connectivity index (χ1n) is 14.2. The molecule has 2 aromatic carbocycles. The molecule has 1 aliphatic heterocycles. The van der Waals surface area contributed by atoms with Crippen LogP contribution in [0.5, 0.6) is 0 Å². The molecule has 3 amide bonds. The zero-order valence-corrected chi connectivity index (χ0v) is 25.6. The Morgan fingerprint density at radius 2 is 1.58 bits per heavy atom. The minimum Gasteiger partial charge on any atom is -0.325 e.